The molecule has 9 heteroatoms. The first-order valence-electron chi connectivity index (χ1n) is 5.45. The van der Waals surface area contributed by atoms with Gasteiger partial charge in [-0.3, -0.25) is 4.90 Å². The van der Waals surface area contributed by atoms with Gasteiger partial charge in [-0.1, -0.05) is 0 Å². The lowest BCUT2D eigenvalue weighted by molar-refractivity contribution is -0.159. The first kappa shape index (κ1) is 13.4. The number of alkyl halides is 2. The Balaban J connectivity index is 2.15. The Kier molecular flexibility index (Phi) is 3.41. The first-order chi connectivity index (χ1) is 8.37. The van der Waals surface area contributed by atoms with Crippen molar-refractivity contribution >= 4 is 6.03 Å². The molecule has 7 nitrogen and oxygen atoms in total. The van der Waals surface area contributed by atoms with Gasteiger partial charge in [0.15, 0.2) is 6.10 Å². The number of aliphatic hydroxyl groups is 3. The lowest BCUT2D eigenvalue weighted by Crippen LogP contribution is -2.59. The molecule has 0 saturated carbocycles. The Morgan fingerprint density at radius 1 is 1.50 bits per heavy atom. The molecule has 2 heterocycles. The SMILES string of the molecule is O=C1NC(O)CCN1[C@@H]1OC(CO)[C@@H](O)C1(F)F. The van der Waals surface area contributed by atoms with Gasteiger partial charge in [-0.25, -0.2) is 4.79 Å². The fourth-order valence-corrected chi connectivity index (χ4v) is 2.03. The molecule has 2 rings (SSSR count). The van der Waals surface area contributed by atoms with E-state index < -0.39 is 43.2 Å². The second-order valence-corrected chi connectivity index (χ2v) is 4.28. The molecule has 0 radical (unpaired) electrons. The molecule has 0 spiro atoms. The molecule has 0 aromatic heterocycles. The van der Waals surface area contributed by atoms with E-state index in [9.17, 15) is 18.7 Å². The molecular weight excluding hydrogens is 254 g/mol. The van der Waals surface area contributed by atoms with Crippen molar-refractivity contribution in [1.29, 1.82) is 0 Å². The van der Waals surface area contributed by atoms with Gasteiger partial charge in [0, 0.05) is 13.0 Å². The second kappa shape index (κ2) is 4.57. The van der Waals surface area contributed by atoms with E-state index in [1.165, 1.54) is 0 Å². The van der Waals surface area contributed by atoms with Gasteiger partial charge in [0.1, 0.15) is 12.3 Å². The average molecular weight is 268 g/mol. The number of aliphatic hydroxyl groups excluding tert-OH is 3. The van der Waals surface area contributed by atoms with E-state index in [0.29, 0.717) is 4.90 Å². The van der Waals surface area contributed by atoms with Gasteiger partial charge < -0.3 is 25.4 Å². The number of amides is 2. The summed E-state index contributed by atoms with van der Waals surface area (Å²) in [7, 11) is 0. The lowest BCUT2D eigenvalue weighted by atomic mass is 10.1. The minimum absolute atomic E-state index is 0.0710. The fraction of sp³-hybridized carbons (Fsp3) is 0.889. The maximum Gasteiger partial charge on any atom is 0.321 e. The molecule has 0 aromatic carbocycles. The van der Waals surface area contributed by atoms with E-state index in [4.69, 9.17) is 14.9 Å². The number of rotatable bonds is 2. The van der Waals surface area contributed by atoms with Crippen LogP contribution < -0.4 is 5.32 Å². The summed E-state index contributed by atoms with van der Waals surface area (Å²) in [5.41, 5.74) is 0. The van der Waals surface area contributed by atoms with Crippen LogP contribution in [0.2, 0.25) is 0 Å². The van der Waals surface area contributed by atoms with Gasteiger partial charge in [-0.15, -0.1) is 0 Å². The fourth-order valence-electron chi connectivity index (χ4n) is 2.03. The van der Waals surface area contributed by atoms with Crippen molar-refractivity contribution < 1.29 is 33.6 Å². The molecule has 2 unspecified atom stereocenters. The Morgan fingerprint density at radius 3 is 2.67 bits per heavy atom. The van der Waals surface area contributed by atoms with Crippen molar-refractivity contribution in [2.45, 2.75) is 37.0 Å². The van der Waals surface area contributed by atoms with Crippen LogP contribution in [0.1, 0.15) is 6.42 Å². The maximum absolute atomic E-state index is 13.7. The number of urea groups is 1. The number of carbonyl (C=O) groups excluding carboxylic acids is 1. The number of hydrogen-bond donors (Lipinski definition) is 4. The number of carbonyl (C=O) groups is 1. The van der Waals surface area contributed by atoms with E-state index in [2.05, 4.69) is 5.32 Å². The second-order valence-electron chi connectivity index (χ2n) is 4.28. The monoisotopic (exact) mass is 268 g/mol. The van der Waals surface area contributed by atoms with Crippen LogP contribution in [-0.2, 0) is 4.74 Å². The predicted octanol–water partition coefficient (Wildman–Crippen LogP) is -1.57. The molecule has 2 fully saturated rings. The molecule has 2 amide bonds. The molecule has 4 atom stereocenters. The van der Waals surface area contributed by atoms with Crippen molar-refractivity contribution in [3.63, 3.8) is 0 Å². The zero-order chi connectivity index (χ0) is 13.5. The first-order valence-corrected chi connectivity index (χ1v) is 5.45. The highest BCUT2D eigenvalue weighted by Gasteiger charge is 2.61. The molecule has 4 N–H and O–H groups in total. The van der Waals surface area contributed by atoms with Crippen LogP contribution in [0.15, 0.2) is 0 Å². The summed E-state index contributed by atoms with van der Waals surface area (Å²) in [5.74, 6) is -3.67. The van der Waals surface area contributed by atoms with E-state index in [1.54, 1.807) is 0 Å². The molecule has 2 saturated heterocycles. The number of halogens is 2. The van der Waals surface area contributed by atoms with Crippen molar-refractivity contribution in [2.24, 2.45) is 0 Å². The molecule has 0 bridgehead atoms. The third-order valence-corrected chi connectivity index (χ3v) is 3.04. The summed E-state index contributed by atoms with van der Waals surface area (Å²) < 4.78 is 32.3. The van der Waals surface area contributed by atoms with Gasteiger partial charge in [0.25, 0.3) is 0 Å². The van der Waals surface area contributed by atoms with Gasteiger partial charge in [-0.2, -0.15) is 8.78 Å². The smallest absolute Gasteiger partial charge is 0.321 e. The Labute approximate surface area is 101 Å². The standard InChI is InChI=1S/C9H14F2N2O5/c10-9(11)6(16)4(3-14)18-7(9)13-2-1-5(15)12-8(13)17/h4-7,14-16H,1-3H2,(H,12,17)/t4?,5?,6-,7-/m1/s1. The average Bonchev–Trinajstić information content (AvgIpc) is 2.52. The Bertz CT molecular complexity index is 343. The van der Waals surface area contributed by atoms with Crippen LogP contribution in [0.4, 0.5) is 13.6 Å². The van der Waals surface area contributed by atoms with Gasteiger partial charge in [0.2, 0.25) is 6.23 Å². The zero-order valence-electron chi connectivity index (χ0n) is 9.29. The van der Waals surface area contributed by atoms with Crippen molar-refractivity contribution in [3.8, 4) is 0 Å². The summed E-state index contributed by atoms with van der Waals surface area (Å²) in [6.45, 7) is -0.899. The third-order valence-electron chi connectivity index (χ3n) is 3.04. The topological polar surface area (TPSA) is 102 Å². The summed E-state index contributed by atoms with van der Waals surface area (Å²) >= 11 is 0. The highest BCUT2D eigenvalue weighted by atomic mass is 19.3. The summed E-state index contributed by atoms with van der Waals surface area (Å²) in [6, 6.07) is -0.899. The number of nitrogens with zero attached hydrogens (tertiary/aromatic N) is 1. The van der Waals surface area contributed by atoms with E-state index in [-0.39, 0.29) is 13.0 Å². The molecule has 18 heavy (non-hydrogen) atoms. The van der Waals surface area contributed by atoms with Crippen molar-refractivity contribution in [3.05, 3.63) is 0 Å². The van der Waals surface area contributed by atoms with Gasteiger partial charge in [-0.05, 0) is 0 Å². The Hall–Kier alpha value is -1.03. The van der Waals surface area contributed by atoms with Crippen molar-refractivity contribution in [2.75, 3.05) is 13.2 Å². The van der Waals surface area contributed by atoms with E-state index in [0.717, 1.165) is 0 Å². The molecule has 2 aliphatic rings. The van der Waals surface area contributed by atoms with E-state index in [1.807, 2.05) is 0 Å². The summed E-state index contributed by atoms with van der Waals surface area (Å²) in [5, 5.41) is 29.3. The molecule has 104 valence electrons. The number of hydrogen-bond acceptors (Lipinski definition) is 5. The van der Waals surface area contributed by atoms with Crippen molar-refractivity contribution in [1.82, 2.24) is 10.2 Å². The van der Waals surface area contributed by atoms with Crippen LogP contribution >= 0.6 is 0 Å². The van der Waals surface area contributed by atoms with Gasteiger partial charge >= 0.3 is 12.0 Å². The number of ether oxygens (including phenoxy) is 1. The summed E-state index contributed by atoms with van der Waals surface area (Å²) in [4.78, 5) is 12.2. The Morgan fingerprint density at radius 2 is 2.17 bits per heavy atom. The predicted molar refractivity (Wildman–Crippen MR) is 52.6 cm³/mol. The maximum atomic E-state index is 13.7. The van der Waals surface area contributed by atoms with Crippen LogP contribution in [0.5, 0.6) is 0 Å². The highest BCUT2D eigenvalue weighted by molar-refractivity contribution is 5.75. The lowest BCUT2D eigenvalue weighted by Gasteiger charge is -2.36. The molecule has 2 aliphatic heterocycles. The third kappa shape index (κ3) is 2.03. The van der Waals surface area contributed by atoms with Crippen LogP contribution in [0, 0.1) is 0 Å². The largest absolute Gasteiger partial charge is 0.394 e. The molecule has 0 aliphatic carbocycles. The minimum atomic E-state index is -3.67. The summed E-state index contributed by atoms with van der Waals surface area (Å²) in [6.07, 6.45) is -6.57. The van der Waals surface area contributed by atoms with Crippen LogP contribution in [0.25, 0.3) is 0 Å². The zero-order valence-corrected chi connectivity index (χ0v) is 9.29. The van der Waals surface area contributed by atoms with E-state index >= 15 is 0 Å². The quantitative estimate of drug-likeness (QED) is 0.485. The van der Waals surface area contributed by atoms with Crippen LogP contribution in [-0.4, -0.2) is 70.0 Å². The normalized spacial score (nSPS) is 39.8. The number of nitrogens with one attached hydrogen (secondary N) is 1. The highest BCUT2D eigenvalue weighted by Crippen LogP contribution is 2.38. The molecular formula is C9H14F2N2O5. The van der Waals surface area contributed by atoms with Gasteiger partial charge in [0.05, 0.1) is 6.61 Å². The minimum Gasteiger partial charge on any atom is -0.394 e. The molecule has 0 aromatic rings. The van der Waals surface area contributed by atoms with Crippen LogP contribution in [0.3, 0.4) is 0 Å².